The molecule has 2 aromatic carbocycles. The first-order valence-corrected chi connectivity index (χ1v) is 10.2. The molecule has 0 unspecified atom stereocenters. The first-order chi connectivity index (χ1) is 15.3. The van der Waals surface area contributed by atoms with Gasteiger partial charge >= 0.3 is 12.0 Å². The molecule has 166 valence electrons. The van der Waals surface area contributed by atoms with Gasteiger partial charge in [-0.1, -0.05) is 42.5 Å². The fourth-order valence-corrected chi connectivity index (χ4v) is 3.23. The van der Waals surface area contributed by atoms with E-state index in [4.69, 9.17) is 5.11 Å². The van der Waals surface area contributed by atoms with E-state index in [1.54, 1.807) is 23.0 Å². The van der Waals surface area contributed by atoms with Crippen LogP contribution in [0.5, 0.6) is 0 Å². The lowest BCUT2D eigenvalue weighted by Crippen LogP contribution is -2.30. The van der Waals surface area contributed by atoms with Crippen LogP contribution in [0.4, 0.5) is 16.3 Å². The Balaban J connectivity index is 1.62. The van der Waals surface area contributed by atoms with Crippen LogP contribution in [0.3, 0.4) is 0 Å². The van der Waals surface area contributed by atoms with Crippen molar-refractivity contribution in [3.63, 3.8) is 0 Å². The van der Waals surface area contributed by atoms with Crippen molar-refractivity contribution < 1.29 is 14.7 Å². The minimum Gasteiger partial charge on any atom is -0.481 e. The summed E-state index contributed by atoms with van der Waals surface area (Å²) in [5, 5.41) is 12.0. The lowest BCUT2D eigenvalue weighted by molar-refractivity contribution is -0.136. The normalized spacial score (nSPS) is 10.5. The minimum absolute atomic E-state index is 0.124. The van der Waals surface area contributed by atoms with Gasteiger partial charge < -0.3 is 20.2 Å². The number of carboxylic acids is 1. The number of rotatable bonds is 8. The summed E-state index contributed by atoms with van der Waals surface area (Å²) in [6, 6.07) is 17.1. The molecule has 2 amide bonds. The molecule has 0 saturated carbocycles. The second-order valence-electron chi connectivity index (χ2n) is 7.75. The molecule has 0 atom stereocenters. The highest BCUT2D eigenvalue weighted by Gasteiger charge is 2.13. The number of nitrogens with one attached hydrogen (secondary N) is 1. The predicted octanol–water partition coefficient (Wildman–Crippen LogP) is 3.42. The van der Waals surface area contributed by atoms with Crippen LogP contribution >= 0.6 is 0 Å². The van der Waals surface area contributed by atoms with E-state index in [-0.39, 0.29) is 12.5 Å². The van der Waals surface area contributed by atoms with Crippen LogP contribution in [0.15, 0.2) is 60.8 Å². The Morgan fingerprint density at radius 2 is 1.66 bits per heavy atom. The van der Waals surface area contributed by atoms with E-state index in [0.29, 0.717) is 35.9 Å². The molecule has 0 aliphatic carbocycles. The molecule has 0 saturated heterocycles. The molecule has 0 fully saturated rings. The summed E-state index contributed by atoms with van der Waals surface area (Å²) in [6.07, 6.45) is 1.94. The Labute approximate surface area is 187 Å². The van der Waals surface area contributed by atoms with Gasteiger partial charge in [0.2, 0.25) is 0 Å². The Morgan fingerprint density at radius 3 is 2.28 bits per heavy atom. The van der Waals surface area contributed by atoms with Crippen LogP contribution in [-0.4, -0.2) is 53.1 Å². The third-order valence-electron chi connectivity index (χ3n) is 4.83. The molecule has 0 radical (unpaired) electrons. The summed E-state index contributed by atoms with van der Waals surface area (Å²) in [4.78, 5) is 35.8. The minimum atomic E-state index is -0.920. The molecule has 1 heterocycles. The maximum Gasteiger partial charge on any atom is 0.321 e. The molecule has 0 bridgehead atoms. The standard InChI is InChI=1S/C24H27N5O3/c1-28(2)23-19(14-22(30)31)15-25-21(27-23)13-17-9-11-20(12-10-17)26-24(32)29(3)16-18-7-5-4-6-8-18/h4-12,15H,13-14,16H2,1-3H3,(H,26,32)(H,30,31). The van der Waals surface area contributed by atoms with Crippen LogP contribution in [0.25, 0.3) is 0 Å². The lowest BCUT2D eigenvalue weighted by atomic mass is 10.1. The molecule has 3 rings (SSSR count). The van der Waals surface area contributed by atoms with E-state index in [1.165, 1.54) is 0 Å². The monoisotopic (exact) mass is 433 g/mol. The van der Waals surface area contributed by atoms with Gasteiger partial charge in [-0.15, -0.1) is 0 Å². The number of carbonyl (C=O) groups excluding carboxylic acids is 1. The number of carboxylic acid groups (broad SMARTS) is 1. The highest BCUT2D eigenvalue weighted by molar-refractivity contribution is 5.89. The number of benzene rings is 2. The number of carbonyl (C=O) groups is 2. The Morgan fingerprint density at radius 1 is 0.969 bits per heavy atom. The average Bonchev–Trinajstić information content (AvgIpc) is 2.76. The zero-order valence-corrected chi connectivity index (χ0v) is 18.4. The van der Waals surface area contributed by atoms with E-state index in [9.17, 15) is 9.59 Å². The van der Waals surface area contributed by atoms with Crippen molar-refractivity contribution in [1.29, 1.82) is 0 Å². The second-order valence-corrected chi connectivity index (χ2v) is 7.75. The lowest BCUT2D eigenvalue weighted by Gasteiger charge is -2.18. The van der Waals surface area contributed by atoms with Gasteiger partial charge in [0.15, 0.2) is 0 Å². The molecule has 0 spiro atoms. The SMILES string of the molecule is CN(Cc1ccccc1)C(=O)Nc1ccc(Cc2ncc(CC(=O)O)c(N(C)C)n2)cc1. The fraction of sp³-hybridized carbons (Fsp3) is 0.250. The largest absolute Gasteiger partial charge is 0.481 e. The summed E-state index contributed by atoms with van der Waals surface area (Å²) in [5.74, 6) is 0.279. The number of aliphatic carboxylic acids is 1. The third-order valence-corrected chi connectivity index (χ3v) is 4.83. The van der Waals surface area contributed by atoms with Crippen molar-refractivity contribution in [2.75, 3.05) is 31.4 Å². The van der Waals surface area contributed by atoms with Gasteiger partial charge in [-0.05, 0) is 23.3 Å². The van der Waals surface area contributed by atoms with E-state index in [0.717, 1.165) is 11.1 Å². The van der Waals surface area contributed by atoms with Crippen LogP contribution < -0.4 is 10.2 Å². The van der Waals surface area contributed by atoms with Gasteiger partial charge in [0.1, 0.15) is 11.6 Å². The number of hydrogen-bond donors (Lipinski definition) is 2. The maximum absolute atomic E-state index is 12.5. The van der Waals surface area contributed by atoms with Gasteiger partial charge in [0, 0.05) is 51.6 Å². The molecular formula is C24H27N5O3. The summed E-state index contributed by atoms with van der Waals surface area (Å²) in [6.45, 7) is 0.522. The second kappa shape index (κ2) is 10.4. The highest BCUT2D eigenvalue weighted by Crippen LogP contribution is 2.18. The third kappa shape index (κ3) is 6.28. The Hall–Kier alpha value is -3.94. The van der Waals surface area contributed by atoms with Gasteiger partial charge in [-0.2, -0.15) is 0 Å². The maximum atomic E-state index is 12.5. The van der Waals surface area contributed by atoms with E-state index < -0.39 is 5.97 Å². The van der Waals surface area contributed by atoms with Crippen molar-refractivity contribution in [1.82, 2.24) is 14.9 Å². The van der Waals surface area contributed by atoms with Crippen LogP contribution in [-0.2, 0) is 24.2 Å². The summed E-state index contributed by atoms with van der Waals surface area (Å²) in [5.41, 5.74) is 3.32. The van der Waals surface area contributed by atoms with Crippen LogP contribution in [0, 0.1) is 0 Å². The van der Waals surface area contributed by atoms with E-state index in [2.05, 4.69) is 15.3 Å². The first-order valence-electron chi connectivity index (χ1n) is 10.2. The van der Waals surface area contributed by atoms with Crippen molar-refractivity contribution in [3.8, 4) is 0 Å². The predicted molar refractivity (Wildman–Crippen MR) is 124 cm³/mol. The van der Waals surface area contributed by atoms with Gasteiger partial charge in [0.25, 0.3) is 0 Å². The fourth-order valence-electron chi connectivity index (χ4n) is 3.23. The summed E-state index contributed by atoms with van der Waals surface area (Å²) < 4.78 is 0. The molecule has 3 aromatic rings. The molecule has 2 N–H and O–H groups in total. The highest BCUT2D eigenvalue weighted by atomic mass is 16.4. The zero-order chi connectivity index (χ0) is 23.1. The molecule has 8 heteroatoms. The van der Waals surface area contributed by atoms with E-state index in [1.807, 2.05) is 68.7 Å². The Kier molecular flexibility index (Phi) is 7.38. The van der Waals surface area contributed by atoms with Crippen LogP contribution in [0.2, 0.25) is 0 Å². The molecule has 0 aliphatic rings. The number of aromatic nitrogens is 2. The molecular weight excluding hydrogens is 406 g/mol. The van der Waals surface area contributed by atoms with Crippen molar-refractivity contribution in [2.24, 2.45) is 0 Å². The van der Waals surface area contributed by atoms with Gasteiger partial charge in [-0.25, -0.2) is 14.8 Å². The topological polar surface area (TPSA) is 98.7 Å². The van der Waals surface area contributed by atoms with E-state index >= 15 is 0 Å². The van der Waals surface area contributed by atoms with Gasteiger partial charge in [0.05, 0.1) is 6.42 Å². The molecule has 32 heavy (non-hydrogen) atoms. The summed E-state index contributed by atoms with van der Waals surface area (Å²) in [7, 11) is 5.40. The quantitative estimate of drug-likeness (QED) is 0.565. The average molecular weight is 434 g/mol. The van der Waals surface area contributed by atoms with Crippen molar-refractivity contribution in [3.05, 3.63) is 83.3 Å². The number of anilines is 2. The number of nitrogens with zero attached hydrogens (tertiary/aromatic N) is 4. The number of hydrogen-bond acceptors (Lipinski definition) is 5. The van der Waals surface area contributed by atoms with Crippen molar-refractivity contribution in [2.45, 2.75) is 19.4 Å². The first kappa shape index (κ1) is 22.7. The Bertz CT molecular complexity index is 1070. The number of urea groups is 1. The summed E-state index contributed by atoms with van der Waals surface area (Å²) >= 11 is 0. The van der Waals surface area contributed by atoms with Gasteiger partial charge in [-0.3, -0.25) is 4.79 Å². The molecule has 0 aliphatic heterocycles. The van der Waals surface area contributed by atoms with Crippen LogP contribution in [0.1, 0.15) is 22.5 Å². The molecule has 1 aromatic heterocycles. The molecule has 8 nitrogen and oxygen atoms in total. The smallest absolute Gasteiger partial charge is 0.321 e. The number of amides is 2. The van der Waals surface area contributed by atoms with Crippen molar-refractivity contribution >= 4 is 23.5 Å². The zero-order valence-electron chi connectivity index (χ0n) is 18.4.